The lowest BCUT2D eigenvalue weighted by Crippen LogP contribution is -2.28. The second-order valence-electron chi connectivity index (χ2n) is 7.23. The van der Waals surface area contributed by atoms with Crippen LogP contribution in [0.2, 0.25) is 5.02 Å². The van der Waals surface area contributed by atoms with Gasteiger partial charge in [0.25, 0.3) is 0 Å². The minimum atomic E-state index is -3.71. The molecule has 7 heteroatoms. The van der Waals surface area contributed by atoms with E-state index in [1.54, 1.807) is 0 Å². The van der Waals surface area contributed by atoms with E-state index in [-0.39, 0.29) is 22.1 Å². The molecule has 0 radical (unpaired) electrons. The largest absolute Gasteiger partial charge is 0.457 e. The van der Waals surface area contributed by atoms with Crippen molar-refractivity contribution in [1.82, 2.24) is 4.31 Å². The molecule has 1 heterocycles. The van der Waals surface area contributed by atoms with Crippen LogP contribution in [0.3, 0.4) is 0 Å². The average molecular weight is 422 g/mol. The molecule has 2 aromatic carbocycles. The number of ether oxygens (including phenoxy) is 1. The summed E-state index contributed by atoms with van der Waals surface area (Å²) in [4.78, 5) is 12.4. The molecule has 1 fully saturated rings. The predicted octanol–water partition coefficient (Wildman–Crippen LogP) is 4.60. The van der Waals surface area contributed by atoms with Crippen LogP contribution in [0.25, 0.3) is 0 Å². The van der Waals surface area contributed by atoms with Crippen molar-refractivity contribution in [3.63, 3.8) is 0 Å². The van der Waals surface area contributed by atoms with E-state index in [0.717, 1.165) is 18.4 Å². The second-order valence-corrected chi connectivity index (χ2v) is 9.54. The first-order valence-electron chi connectivity index (χ1n) is 9.34. The molecule has 5 nitrogen and oxygen atoms in total. The third-order valence-electron chi connectivity index (χ3n) is 4.87. The van der Waals surface area contributed by atoms with Crippen LogP contribution in [0.1, 0.15) is 54.1 Å². The minimum Gasteiger partial charge on any atom is -0.457 e. The second kappa shape index (κ2) is 8.64. The first-order chi connectivity index (χ1) is 13.3. The maximum atomic E-state index is 12.8. The number of rotatable bonds is 6. The molecule has 2 aromatic rings. The van der Waals surface area contributed by atoms with Gasteiger partial charge in [-0.3, -0.25) is 0 Å². The molecule has 0 amide bonds. The van der Waals surface area contributed by atoms with E-state index in [4.69, 9.17) is 16.3 Å². The number of hydrogen-bond donors (Lipinski definition) is 0. The Morgan fingerprint density at radius 1 is 1.11 bits per heavy atom. The Hall–Kier alpha value is -1.89. The Kier molecular flexibility index (Phi) is 6.43. The molecule has 1 aliphatic heterocycles. The molecule has 0 unspecified atom stereocenters. The lowest BCUT2D eigenvalue weighted by atomic mass is 10.0. The average Bonchev–Trinajstić information content (AvgIpc) is 3.22. The van der Waals surface area contributed by atoms with Crippen molar-refractivity contribution >= 4 is 27.6 Å². The van der Waals surface area contributed by atoms with Gasteiger partial charge in [0.15, 0.2) is 0 Å². The van der Waals surface area contributed by atoms with Gasteiger partial charge in [-0.25, -0.2) is 13.2 Å². The third-order valence-corrected chi connectivity index (χ3v) is 7.25. The van der Waals surface area contributed by atoms with Gasteiger partial charge in [-0.05, 0) is 48.1 Å². The fourth-order valence-electron chi connectivity index (χ4n) is 3.13. The number of carbonyl (C=O) groups is 1. The first kappa shape index (κ1) is 20.8. The maximum Gasteiger partial charge on any atom is 0.338 e. The highest BCUT2D eigenvalue weighted by Crippen LogP contribution is 2.28. The molecule has 150 valence electrons. The third kappa shape index (κ3) is 4.57. The lowest BCUT2D eigenvalue weighted by molar-refractivity contribution is 0.0472. The van der Waals surface area contributed by atoms with E-state index < -0.39 is 16.0 Å². The minimum absolute atomic E-state index is 0.0493. The van der Waals surface area contributed by atoms with E-state index in [0.29, 0.717) is 19.0 Å². The van der Waals surface area contributed by atoms with E-state index in [2.05, 4.69) is 13.8 Å². The Morgan fingerprint density at radius 3 is 2.36 bits per heavy atom. The normalized spacial score (nSPS) is 15.1. The van der Waals surface area contributed by atoms with Crippen molar-refractivity contribution in [3.05, 3.63) is 64.2 Å². The predicted molar refractivity (Wildman–Crippen MR) is 109 cm³/mol. The molecule has 0 saturated carbocycles. The van der Waals surface area contributed by atoms with Crippen LogP contribution in [0.4, 0.5) is 0 Å². The van der Waals surface area contributed by atoms with E-state index in [1.165, 1.54) is 28.1 Å². The van der Waals surface area contributed by atoms with Gasteiger partial charge in [0.1, 0.15) is 11.5 Å². The molecule has 0 atom stereocenters. The zero-order valence-electron chi connectivity index (χ0n) is 16.0. The Morgan fingerprint density at radius 2 is 1.75 bits per heavy atom. The summed E-state index contributed by atoms with van der Waals surface area (Å²) in [5.74, 6) is -0.149. The van der Waals surface area contributed by atoms with Crippen LogP contribution in [-0.4, -0.2) is 31.8 Å². The number of esters is 1. The Labute approximate surface area is 171 Å². The maximum absolute atomic E-state index is 12.8. The molecule has 3 rings (SSSR count). The molecule has 1 saturated heterocycles. The standard InChI is InChI=1S/C21H24ClNO4S/c1-15(2)17-7-5-16(6-8-17)14-27-21(24)18-9-10-19(22)20(13-18)28(25,26)23-11-3-4-12-23/h5-10,13,15H,3-4,11-12,14H2,1-2H3. The summed E-state index contributed by atoms with van der Waals surface area (Å²) in [6.45, 7) is 5.29. The zero-order chi connectivity index (χ0) is 20.3. The highest BCUT2D eigenvalue weighted by atomic mass is 35.5. The van der Waals surface area contributed by atoms with Gasteiger partial charge in [-0.1, -0.05) is 49.7 Å². The van der Waals surface area contributed by atoms with Crippen LogP contribution in [-0.2, 0) is 21.4 Å². The molecular formula is C21H24ClNO4S. The zero-order valence-corrected chi connectivity index (χ0v) is 17.6. The van der Waals surface area contributed by atoms with Gasteiger partial charge in [0.2, 0.25) is 10.0 Å². The summed E-state index contributed by atoms with van der Waals surface area (Å²) in [6.07, 6.45) is 1.66. The molecule has 28 heavy (non-hydrogen) atoms. The molecule has 1 aliphatic rings. The first-order valence-corrected chi connectivity index (χ1v) is 11.2. The Bertz CT molecular complexity index is 949. The quantitative estimate of drug-likeness (QED) is 0.639. The van der Waals surface area contributed by atoms with E-state index in [1.807, 2.05) is 24.3 Å². The summed E-state index contributed by atoms with van der Waals surface area (Å²) in [6, 6.07) is 12.1. The summed E-state index contributed by atoms with van der Waals surface area (Å²) in [7, 11) is -3.71. The number of benzene rings is 2. The summed E-state index contributed by atoms with van der Waals surface area (Å²) in [5, 5.41) is 0.104. The van der Waals surface area contributed by atoms with Gasteiger partial charge in [0, 0.05) is 13.1 Å². The van der Waals surface area contributed by atoms with Crippen LogP contribution < -0.4 is 0 Å². The van der Waals surface area contributed by atoms with Gasteiger partial charge >= 0.3 is 5.97 Å². The van der Waals surface area contributed by atoms with Gasteiger partial charge in [-0.15, -0.1) is 0 Å². The number of hydrogen-bond acceptors (Lipinski definition) is 4. The number of carbonyl (C=O) groups excluding carboxylic acids is 1. The monoisotopic (exact) mass is 421 g/mol. The van der Waals surface area contributed by atoms with Crippen molar-refractivity contribution in [2.75, 3.05) is 13.1 Å². The van der Waals surface area contributed by atoms with Crippen LogP contribution in [0, 0.1) is 0 Å². The highest BCUT2D eigenvalue weighted by Gasteiger charge is 2.29. The SMILES string of the molecule is CC(C)c1ccc(COC(=O)c2ccc(Cl)c(S(=O)(=O)N3CCCC3)c2)cc1. The molecular weight excluding hydrogens is 398 g/mol. The fourth-order valence-corrected chi connectivity index (χ4v) is 5.14. The summed E-state index contributed by atoms with van der Waals surface area (Å²) in [5.41, 5.74) is 2.25. The van der Waals surface area contributed by atoms with Crippen molar-refractivity contribution < 1.29 is 17.9 Å². The smallest absolute Gasteiger partial charge is 0.338 e. The van der Waals surface area contributed by atoms with Crippen molar-refractivity contribution in [2.45, 2.75) is 44.1 Å². The number of sulfonamides is 1. The summed E-state index contributed by atoms with van der Waals surface area (Å²) >= 11 is 6.12. The highest BCUT2D eigenvalue weighted by molar-refractivity contribution is 7.89. The molecule has 0 bridgehead atoms. The Balaban J connectivity index is 1.73. The molecule has 0 spiro atoms. The topological polar surface area (TPSA) is 63.7 Å². The van der Waals surface area contributed by atoms with Crippen molar-refractivity contribution in [2.24, 2.45) is 0 Å². The van der Waals surface area contributed by atoms with Crippen LogP contribution >= 0.6 is 11.6 Å². The lowest BCUT2D eigenvalue weighted by Gasteiger charge is -2.17. The van der Waals surface area contributed by atoms with Crippen LogP contribution in [0.15, 0.2) is 47.4 Å². The van der Waals surface area contributed by atoms with Gasteiger partial charge < -0.3 is 4.74 Å². The molecule has 0 aliphatic carbocycles. The van der Waals surface area contributed by atoms with Crippen LogP contribution in [0.5, 0.6) is 0 Å². The number of halogens is 1. The van der Waals surface area contributed by atoms with Gasteiger partial charge in [-0.2, -0.15) is 4.31 Å². The number of nitrogens with zero attached hydrogens (tertiary/aromatic N) is 1. The fraction of sp³-hybridized carbons (Fsp3) is 0.381. The van der Waals surface area contributed by atoms with Crippen molar-refractivity contribution in [1.29, 1.82) is 0 Å². The summed E-state index contributed by atoms with van der Waals surface area (Å²) < 4.78 is 32.3. The molecule has 0 N–H and O–H groups in total. The molecule has 0 aromatic heterocycles. The van der Waals surface area contributed by atoms with E-state index in [9.17, 15) is 13.2 Å². The van der Waals surface area contributed by atoms with E-state index >= 15 is 0 Å². The van der Waals surface area contributed by atoms with Crippen molar-refractivity contribution in [3.8, 4) is 0 Å². The van der Waals surface area contributed by atoms with Gasteiger partial charge in [0.05, 0.1) is 10.6 Å².